The van der Waals surface area contributed by atoms with Gasteiger partial charge in [0.15, 0.2) is 0 Å². The minimum atomic E-state index is -0.264. The monoisotopic (exact) mass is 512 g/mol. The van der Waals surface area contributed by atoms with Gasteiger partial charge in [-0.25, -0.2) is 0 Å². The molecule has 5 rings (SSSR count). The van der Waals surface area contributed by atoms with Crippen molar-refractivity contribution in [3.63, 3.8) is 0 Å². The molecule has 0 atom stereocenters. The molecule has 0 N–H and O–H groups in total. The number of ether oxygens (including phenoxy) is 1. The Labute approximate surface area is 209 Å². The summed E-state index contributed by atoms with van der Waals surface area (Å²) in [7, 11) is 3.57. The molecule has 0 saturated carbocycles. The molecule has 3 heterocycles. The van der Waals surface area contributed by atoms with Crippen LogP contribution in [0.1, 0.15) is 13.8 Å². The number of hydrazone groups is 1. The molecule has 1 aromatic heterocycles. The van der Waals surface area contributed by atoms with Crippen molar-refractivity contribution >= 4 is 68.3 Å². The van der Waals surface area contributed by atoms with Gasteiger partial charge in [-0.3, -0.25) is 14.2 Å². The van der Waals surface area contributed by atoms with Crippen LogP contribution in [0.3, 0.4) is 0 Å². The third kappa shape index (κ3) is 3.55. The lowest BCUT2D eigenvalue weighted by atomic mass is 10.2. The minimum absolute atomic E-state index is 0.116. The summed E-state index contributed by atoms with van der Waals surface area (Å²) in [6, 6.07) is 12.8. The zero-order valence-electron chi connectivity index (χ0n) is 19.0. The first-order chi connectivity index (χ1) is 16.3. The van der Waals surface area contributed by atoms with Crippen LogP contribution in [0.15, 0.2) is 57.3 Å². The van der Waals surface area contributed by atoms with E-state index in [0.717, 1.165) is 21.4 Å². The number of carbonyl (C=O) groups excluding carboxylic acids is 1. The van der Waals surface area contributed by atoms with Gasteiger partial charge in [0.25, 0.3) is 11.5 Å². The van der Waals surface area contributed by atoms with Crippen molar-refractivity contribution in [1.82, 2.24) is 4.57 Å². The van der Waals surface area contributed by atoms with Crippen molar-refractivity contribution in [2.45, 2.75) is 25.3 Å². The molecule has 0 fully saturated rings. The number of nitrogens with zero attached hydrogens (tertiary/aromatic N) is 4. The lowest BCUT2D eigenvalue weighted by Gasteiger charge is -2.13. The molecule has 34 heavy (non-hydrogen) atoms. The Hall–Kier alpha value is -3.01. The van der Waals surface area contributed by atoms with E-state index in [1.807, 2.05) is 37.1 Å². The number of thiazole rings is 1. The van der Waals surface area contributed by atoms with Crippen molar-refractivity contribution < 1.29 is 9.53 Å². The number of carbonyl (C=O) groups is 1. The van der Waals surface area contributed by atoms with Gasteiger partial charge in [0, 0.05) is 29.6 Å². The summed E-state index contributed by atoms with van der Waals surface area (Å²) in [5, 5.41) is 7.25. The summed E-state index contributed by atoms with van der Waals surface area (Å²) in [6.45, 7) is 4.14. The highest BCUT2D eigenvalue weighted by Gasteiger charge is 2.32. The highest BCUT2D eigenvalue weighted by molar-refractivity contribution is 8.08. The molecule has 0 spiro atoms. The number of thioether (sulfide) groups is 1. The van der Waals surface area contributed by atoms with Crippen LogP contribution >= 0.6 is 34.7 Å². The summed E-state index contributed by atoms with van der Waals surface area (Å²) in [5.74, 6) is 0.492. The first kappa shape index (κ1) is 22.8. The van der Waals surface area contributed by atoms with Gasteiger partial charge in [0.1, 0.15) is 20.0 Å². The summed E-state index contributed by atoms with van der Waals surface area (Å²) >= 11 is 8.87. The van der Waals surface area contributed by atoms with Crippen LogP contribution in [0.25, 0.3) is 10.6 Å². The molecule has 0 saturated heterocycles. The van der Waals surface area contributed by atoms with Crippen LogP contribution in [0, 0.1) is 0 Å². The number of anilines is 2. The topological polar surface area (TPSA) is 67.1 Å². The molecule has 0 unspecified atom stereocenters. The van der Waals surface area contributed by atoms with Gasteiger partial charge < -0.3 is 9.64 Å². The van der Waals surface area contributed by atoms with E-state index in [1.165, 1.54) is 16.3 Å². The number of rotatable bonds is 3. The maximum atomic E-state index is 13.5. The van der Waals surface area contributed by atoms with E-state index in [-0.39, 0.29) is 11.5 Å². The average molecular weight is 513 g/mol. The molecule has 2 aliphatic heterocycles. The fourth-order valence-electron chi connectivity index (χ4n) is 3.98. The van der Waals surface area contributed by atoms with Crippen LogP contribution in [0.2, 0.25) is 5.02 Å². The molecule has 7 nitrogen and oxygen atoms in total. The predicted octanol–water partition coefficient (Wildman–Crippen LogP) is 3.47. The molecular formula is C24H21ClN4O3S2. The smallest absolute Gasteiger partial charge is 0.283 e. The first-order valence-electron chi connectivity index (χ1n) is 10.6. The standard InChI is InChI=1S/C24H21ClN4O3S2/c1-5-28-22(31)20(24-27(3)17-12-16(32-4)10-11-18(17)33-24)34-23(28)19-13(2)26-29(21(19)30)15-8-6-14(25)7-9-15/h6-12H,5H2,1-4H3/b23-19+,24-20-. The van der Waals surface area contributed by atoms with Crippen molar-refractivity contribution in [3.05, 3.63) is 67.0 Å². The maximum Gasteiger partial charge on any atom is 0.283 e. The van der Waals surface area contributed by atoms with Crippen LogP contribution in [-0.4, -0.2) is 30.3 Å². The number of benzene rings is 2. The van der Waals surface area contributed by atoms with E-state index in [9.17, 15) is 9.59 Å². The number of hydrogen-bond acceptors (Lipinski definition) is 7. The minimum Gasteiger partial charge on any atom is -0.497 e. The quantitative estimate of drug-likeness (QED) is 0.537. The Bertz CT molecular complexity index is 1540. The Balaban J connectivity index is 1.68. The second kappa shape index (κ2) is 8.65. The molecule has 0 aliphatic carbocycles. The summed E-state index contributed by atoms with van der Waals surface area (Å²) in [6.07, 6.45) is 0. The number of methoxy groups -OCH3 is 1. The molecule has 0 radical (unpaired) electrons. The number of hydrogen-bond donors (Lipinski definition) is 0. The predicted molar refractivity (Wildman–Crippen MR) is 140 cm³/mol. The van der Waals surface area contributed by atoms with Gasteiger partial charge in [-0.15, -0.1) is 11.3 Å². The lowest BCUT2D eigenvalue weighted by molar-refractivity contribution is -0.112. The van der Waals surface area contributed by atoms with E-state index < -0.39 is 0 Å². The normalized spacial score (nSPS) is 18.5. The van der Waals surface area contributed by atoms with E-state index >= 15 is 0 Å². The van der Waals surface area contributed by atoms with Crippen molar-refractivity contribution in [3.8, 4) is 5.75 Å². The number of aromatic nitrogens is 1. The van der Waals surface area contributed by atoms with Crippen LogP contribution in [0.5, 0.6) is 5.75 Å². The summed E-state index contributed by atoms with van der Waals surface area (Å²) in [5.41, 5.74) is 2.49. The Kier molecular flexibility index (Phi) is 5.79. The summed E-state index contributed by atoms with van der Waals surface area (Å²) < 4.78 is 8.22. The largest absolute Gasteiger partial charge is 0.497 e. The number of fused-ring (bicyclic) bond motifs is 1. The second-order valence-electron chi connectivity index (χ2n) is 7.74. The van der Waals surface area contributed by atoms with Gasteiger partial charge in [-0.2, -0.15) is 10.1 Å². The van der Waals surface area contributed by atoms with Gasteiger partial charge in [0.2, 0.25) is 0 Å². The molecule has 174 valence electrons. The molecule has 10 heteroatoms. The van der Waals surface area contributed by atoms with Crippen LogP contribution < -0.4 is 29.4 Å². The Morgan fingerprint density at radius 3 is 2.53 bits per heavy atom. The molecular weight excluding hydrogens is 492 g/mol. The maximum absolute atomic E-state index is 13.5. The lowest BCUT2D eigenvalue weighted by Crippen LogP contribution is -2.35. The van der Waals surface area contributed by atoms with E-state index in [0.29, 0.717) is 37.7 Å². The first-order valence-corrected chi connectivity index (χ1v) is 12.6. The molecule has 1 amide bonds. The highest BCUT2D eigenvalue weighted by Crippen LogP contribution is 2.46. The SMILES string of the molecule is CCn1c(=O)/c(=C2/Sc3ccc(OC)cc3N2C)s/c1=C1/C(=O)N(c2ccc(Cl)cc2)N=C1C. The van der Waals surface area contributed by atoms with E-state index in [1.54, 1.807) is 54.6 Å². The molecule has 2 aliphatic rings. The Morgan fingerprint density at radius 2 is 1.85 bits per heavy atom. The second-order valence-corrected chi connectivity index (χ2v) is 10.2. The number of amides is 1. The molecule has 0 bridgehead atoms. The van der Waals surface area contributed by atoms with Crippen molar-refractivity contribution in [2.75, 3.05) is 24.1 Å². The zero-order chi connectivity index (χ0) is 24.1. The third-order valence-corrected chi connectivity index (χ3v) is 8.54. The van der Waals surface area contributed by atoms with Gasteiger partial charge >= 0.3 is 0 Å². The fraction of sp³-hybridized carbons (Fsp3) is 0.208. The molecule has 3 aromatic rings. The molecule has 2 aromatic carbocycles. The van der Waals surface area contributed by atoms with Gasteiger partial charge in [-0.1, -0.05) is 23.4 Å². The fourth-order valence-corrected chi connectivity index (χ4v) is 6.69. The van der Waals surface area contributed by atoms with Gasteiger partial charge in [0.05, 0.1) is 29.8 Å². The average Bonchev–Trinajstić information content (AvgIpc) is 3.44. The van der Waals surface area contributed by atoms with Crippen molar-refractivity contribution in [1.29, 1.82) is 0 Å². The highest BCUT2D eigenvalue weighted by atomic mass is 35.5. The Morgan fingerprint density at radius 1 is 1.12 bits per heavy atom. The van der Waals surface area contributed by atoms with E-state index in [4.69, 9.17) is 16.3 Å². The van der Waals surface area contributed by atoms with E-state index in [2.05, 4.69) is 5.10 Å². The zero-order valence-corrected chi connectivity index (χ0v) is 21.3. The van der Waals surface area contributed by atoms with Crippen LogP contribution in [-0.2, 0) is 11.3 Å². The third-order valence-electron chi connectivity index (χ3n) is 5.74. The van der Waals surface area contributed by atoms with Crippen LogP contribution in [0.4, 0.5) is 11.4 Å². The summed E-state index contributed by atoms with van der Waals surface area (Å²) in [4.78, 5) is 30.0. The van der Waals surface area contributed by atoms with Gasteiger partial charge in [-0.05, 0) is 50.2 Å². The number of halogens is 1. The van der Waals surface area contributed by atoms with Crippen molar-refractivity contribution in [2.24, 2.45) is 5.10 Å².